The molecule has 0 spiro atoms. The summed E-state index contributed by atoms with van der Waals surface area (Å²) in [4.78, 5) is 9.51. The monoisotopic (exact) mass is 365 g/mol. The minimum atomic E-state index is -4.18. The van der Waals surface area contributed by atoms with Crippen molar-refractivity contribution in [2.75, 3.05) is 4.72 Å². The van der Waals surface area contributed by atoms with Gasteiger partial charge in [0.2, 0.25) is 9.47 Å². The van der Waals surface area contributed by atoms with Crippen molar-refractivity contribution in [3.8, 4) is 0 Å². The van der Waals surface area contributed by atoms with Crippen LogP contribution in [0.15, 0.2) is 33.5 Å². The Balaban J connectivity index is 2.34. The Kier molecular flexibility index (Phi) is 4.10. The first-order valence-corrected chi connectivity index (χ1v) is 9.08. The van der Waals surface area contributed by atoms with Gasteiger partial charge in [-0.2, -0.15) is 0 Å². The van der Waals surface area contributed by atoms with Crippen LogP contribution in [-0.2, 0) is 20.0 Å². The summed E-state index contributed by atoms with van der Waals surface area (Å²) >= 11 is 0.413. The second-order valence-corrected chi connectivity index (χ2v) is 8.17. The lowest BCUT2D eigenvalue weighted by Crippen LogP contribution is -2.13. The molecule has 14 heteroatoms. The van der Waals surface area contributed by atoms with Gasteiger partial charge in [-0.3, -0.25) is 14.8 Å². The molecule has 3 N–H and O–H groups in total. The Labute approximate surface area is 128 Å². The molecule has 1 aromatic carbocycles. The maximum atomic E-state index is 12.1. The summed E-state index contributed by atoms with van der Waals surface area (Å²) in [6.45, 7) is 0. The summed E-state index contributed by atoms with van der Waals surface area (Å²) in [5.74, 6) is 0. The molecule has 0 unspecified atom stereocenters. The minimum Gasteiger partial charge on any atom is -0.258 e. The third-order valence-corrected chi connectivity index (χ3v) is 5.82. The first-order chi connectivity index (χ1) is 10.1. The van der Waals surface area contributed by atoms with Gasteiger partial charge in [0.05, 0.1) is 9.82 Å². The molecule has 0 radical (unpaired) electrons. The number of nitro benzene ring substituents is 1. The van der Waals surface area contributed by atoms with Gasteiger partial charge in [0, 0.05) is 12.1 Å². The predicted molar refractivity (Wildman–Crippen MR) is 75.2 cm³/mol. The molecule has 1 aromatic heterocycles. The highest BCUT2D eigenvalue weighted by molar-refractivity contribution is 7.93. The van der Waals surface area contributed by atoms with Crippen molar-refractivity contribution in [3.63, 3.8) is 0 Å². The molecular formula is C8H7N5O6S3. The molecule has 0 bridgehead atoms. The van der Waals surface area contributed by atoms with Gasteiger partial charge in [-0.25, -0.2) is 22.0 Å². The third-order valence-electron chi connectivity index (χ3n) is 2.21. The fourth-order valence-electron chi connectivity index (χ4n) is 1.30. The van der Waals surface area contributed by atoms with Crippen LogP contribution >= 0.6 is 11.3 Å². The lowest BCUT2D eigenvalue weighted by Gasteiger charge is -2.04. The number of non-ortho nitro benzene ring substituents is 1. The topological polar surface area (TPSA) is 175 Å². The number of sulfonamides is 2. The zero-order valence-electron chi connectivity index (χ0n) is 10.4. The summed E-state index contributed by atoms with van der Waals surface area (Å²) in [7, 11) is -8.28. The Hall–Kier alpha value is -2.16. The van der Waals surface area contributed by atoms with Crippen LogP contribution in [0.4, 0.5) is 10.8 Å². The maximum Gasteiger partial charge on any atom is 0.270 e. The van der Waals surface area contributed by atoms with Crippen LogP contribution in [0.5, 0.6) is 0 Å². The van der Waals surface area contributed by atoms with Crippen molar-refractivity contribution >= 4 is 42.2 Å². The number of nitrogens with zero attached hydrogens (tertiary/aromatic N) is 3. The number of nitrogens with two attached hydrogens (primary N) is 1. The Morgan fingerprint density at radius 2 is 1.91 bits per heavy atom. The summed E-state index contributed by atoms with van der Waals surface area (Å²) in [5, 5.41) is 21.7. The number of aromatic nitrogens is 2. The molecule has 0 atom stereocenters. The highest BCUT2D eigenvalue weighted by Crippen LogP contribution is 2.23. The molecule has 2 rings (SSSR count). The zero-order valence-corrected chi connectivity index (χ0v) is 12.9. The average Bonchev–Trinajstić information content (AvgIpc) is 2.86. The number of primary sulfonamides is 1. The summed E-state index contributed by atoms with van der Waals surface area (Å²) in [6.07, 6.45) is 0. The van der Waals surface area contributed by atoms with Crippen molar-refractivity contribution in [2.45, 2.75) is 9.24 Å². The highest BCUT2D eigenvalue weighted by atomic mass is 32.2. The second kappa shape index (κ2) is 5.56. The molecule has 0 fully saturated rings. The van der Waals surface area contributed by atoms with E-state index in [0.717, 1.165) is 18.2 Å². The first kappa shape index (κ1) is 16.2. The number of hydrogen-bond donors (Lipinski definition) is 2. The van der Waals surface area contributed by atoms with Crippen LogP contribution in [0, 0.1) is 10.1 Å². The van der Waals surface area contributed by atoms with E-state index in [2.05, 4.69) is 10.2 Å². The van der Waals surface area contributed by atoms with E-state index in [1.807, 2.05) is 4.72 Å². The van der Waals surface area contributed by atoms with E-state index >= 15 is 0 Å². The molecule has 0 aliphatic rings. The Bertz CT molecular complexity index is 935. The van der Waals surface area contributed by atoms with Crippen LogP contribution in [0.1, 0.15) is 0 Å². The van der Waals surface area contributed by atoms with Gasteiger partial charge in [0.15, 0.2) is 0 Å². The largest absolute Gasteiger partial charge is 0.270 e. The van der Waals surface area contributed by atoms with Crippen molar-refractivity contribution in [3.05, 3.63) is 34.4 Å². The normalized spacial score (nSPS) is 12.0. The van der Waals surface area contributed by atoms with E-state index in [1.165, 1.54) is 6.07 Å². The first-order valence-electron chi connectivity index (χ1n) is 5.23. The maximum absolute atomic E-state index is 12.1. The van der Waals surface area contributed by atoms with Crippen LogP contribution in [0.3, 0.4) is 0 Å². The van der Waals surface area contributed by atoms with Gasteiger partial charge in [-0.1, -0.05) is 17.4 Å². The Morgan fingerprint density at radius 3 is 2.45 bits per heavy atom. The predicted octanol–water partition coefficient (Wildman–Crippen LogP) is -0.105. The lowest BCUT2D eigenvalue weighted by molar-refractivity contribution is -0.385. The van der Waals surface area contributed by atoms with Crippen molar-refractivity contribution in [2.24, 2.45) is 5.14 Å². The third kappa shape index (κ3) is 3.53. The van der Waals surface area contributed by atoms with E-state index in [-0.39, 0.29) is 10.0 Å². The van der Waals surface area contributed by atoms with Crippen LogP contribution in [0.2, 0.25) is 0 Å². The van der Waals surface area contributed by atoms with E-state index in [4.69, 9.17) is 5.14 Å². The van der Waals surface area contributed by atoms with Gasteiger partial charge < -0.3 is 0 Å². The fraction of sp³-hybridized carbons (Fsp3) is 0. The van der Waals surface area contributed by atoms with Gasteiger partial charge in [0.1, 0.15) is 0 Å². The van der Waals surface area contributed by atoms with E-state index < -0.39 is 35.0 Å². The minimum absolute atomic E-state index is 0.337. The van der Waals surface area contributed by atoms with E-state index in [0.29, 0.717) is 11.3 Å². The number of nitro groups is 1. The Morgan fingerprint density at radius 1 is 1.23 bits per heavy atom. The molecule has 11 nitrogen and oxygen atoms in total. The van der Waals surface area contributed by atoms with Crippen molar-refractivity contribution in [1.29, 1.82) is 0 Å². The molecule has 0 aliphatic carbocycles. The zero-order chi connectivity index (χ0) is 16.5. The summed E-state index contributed by atoms with van der Waals surface area (Å²) < 4.78 is 47.6. The quantitative estimate of drug-likeness (QED) is 0.545. The van der Waals surface area contributed by atoms with Crippen molar-refractivity contribution < 1.29 is 21.8 Å². The second-order valence-electron chi connectivity index (χ2n) is 3.78. The van der Waals surface area contributed by atoms with Gasteiger partial charge >= 0.3 is 0 Å². The molecule has 118 valence electrons. The van der Waals surface area contributed by atoms with E-state index in [9.17, 15) is 26.9 Å². The average molecular weight is 365 g/mol. The highest BCUT2D eigenvalue weighted by Gasteiger charge is 2.21. The number of anilines is 1. The molecule has 2 aromatic rings. The number of rotatable bonds is 5. The number of nitrogens with one attached hydrogen (secondary N) is 1. The summed E-state index contributed by atoms with van der Waals surface area (Å²) in [6, 6.07) is 4.31. The van der Waals surface area contributed by atoms with Crippen LogP contribution in [0.25, 0.3) is 0 Å². The van der Waals surface area contributed by atoms with Gasteiger partial charge in [0.25, 0.3) is 25.7 Å². The molecule has 0 aliphatic heterocycles. The number of hydrogen-bond acceptors (Lipinski definition) is 9. The fourth-order valence-corrected chi connectivity index (χ4v) is 3.91. The van der Waals surface area contributed by atoms with Crippen molar-refractivity contribution in [1.82, 2.24) is 10.2 Å². The molecule has 0 saturated carbocycles. The molecule has 1 heterocycles. The van der Waals surface area contributed by atoms with Gasteiger partial charge in [-0.15, -0.1) is 10.2 Å². The molecule has 0 saturated heterocycles. The number of benzene rings is 1. The SMILES string of the molecule is NS(=O)(=O)c1nnc(NS(=O)(=O)c2cccc([N+](=O)[O-])c2)s1. The smallest absolute Gasteiger partial charge is 0.258 e. The summed E-state index contributed by atoms with van der Waals surface area (Å²) in [5.41, 5.74) is -0.412. The standard InChI is InChI=1S/C8H7N5O6S3/c9-21(16,17)8-11-10-7(20-8)12-22(18,19)6-3-1-2-5(4-6)13(14)15/h1-4H,(H,10,12)(H2,9,16,17). The lowest BCUT2D eigenvalue weighted by atomic mass is 10.3. The van der Waals surface area contributed by atoms with Crippen LogP contribution in [-0.4, -0.2) is 32.0 Å². The van der Waals surface area contributed by atoms with Crippen LogP contribution < -0.4 is 9.86 Å². The molecule has 22 heavy (non-hydrogen) atoms. The van der Waals surface area contributed by atoms with Gasteiger partial charge in [-0.05, 0) is 6.07 Å². The van der Waals surface area contributed by atoms with E-state index in [1.54, 1.807) is 0 Å². The molecule has 0 amide bonds. The molecular weight excluding hydrogens is 358 g/mol.